The van der Waals surface area contributed by atoms with Crippen molar-refractivity contribution in [3.8, 4) is 5.75 Å². The largest absolute Gasteiger partial charge is 0.497 e. The van der Waals surface area contributed by atoms with Crippen molar-refractivity contribution in [2.45, 2.75) is 33.1 Å². The molecule has 0 unspecified atom stereocenters. The number of rotatable bonds is 8. The fourth-order valence-corrected chi connectivity index (χ4v) is 2.05. The number of unbranched alkanes of at least 4 members (excludes halogenated alkanes) is 1. The highest BCUT2D eigenvalue weighted by atomic mass is 127. The normalized spacial score (nSPS) is 10.8. The van der Waals surface area contributed by atoms with Crippen molar-refractivity contribution in [1.82, 2.24) is 10.2 Å². The Balaban J connectivity index is 0.00000441. The van der Waals surface area contributed by atoms with Crippen molar-refractivity contribution in [3.63, 3.8) is 0 Å². The summed E-state index contributed by atoms with van der Waals surface area (Å²) >= 11 is 0. The highest BCUT2D eigenvalue weighted by molar-refractivity contribution is 14.0. The summed E-state index contributed by atoms with van der Waals surface area (Å²) < 4.78 is 5.17. The second kappa shape index (κ2) is 12.6. The van der Waals surface area contributed by atoms with Gasteiger partial charge in [0.05, 0.1) is 7.11 Å². The third-order valence-corrected chi connectivity index (χ3v) is 3.36. The van der Waals surface area contributed by atoms with Crippen LogP contribution in [0.4, 0.5) is 0 Å². The first-order valence-electron chi connectivity index (χ1n) is 7.83. The highest BCUT2D eigenvalue weighted by Crippen LogP contribution is 2.11. The Kier molecular flexibility index (Phi) is 12.0. The quantitative estimate of drug-likeness (QED) is 0.398. The molecular formula is C17H30IN3O. The fourth-order valence-electron chi connectivity index (χ4n) is 2.05. The smallest absolute Gasteiger partial charge is 0.193 e. The summed E-state index contributed by atoms with van der Waals surface area (Å²) in [5.41, 5.74) is 1.28. The predicted octanol–water partition coefficient (Wildman–Crippen LogP) is 3.55. The lowest BCUT2D eigenvalue weighted by Gasteiger charge is -2.21. The zero-order chi connectivity index (χ0) is 15.5. The van der Waals surface area contributed by atoms with Crippen LogP contribution in [-0.2, 0) is 6.42 Å². The molecule has 0 aliphatic carbocycles. The lowest BCUT2D eigenvalue weighted by Crippen LogP contribution is -2.39. The second-order valence-corrected chi connectivity index (χ2v) is 5.11. The molecule has 1 aromatic rings. The molecule has 0 spiro atoms. The minimum absolute atomic E-state index is 0. The van der Waals surface area contributed by atoms with E-state index in [1.165, 1.54) is 18.4 Å². The Labute approximate surface area is 152 Å². The van der Waals surface area contributed by atoms with Crippen molar-refractivity contribution < 1.29 is 4.74 Å². The van der Waals surface area contributed by atoms with Gasteiger partial charge in [-0.3, -0.25) is 4.99 Å². The lowest BCUT2D eigenvalue weighted by atomic mass is 10.1. The van der Waals surface area contributed by atoms with E-state index in [2.05, 4.69) is 43.2 Å². The molecule has 22 heavy (non-hydrogen) atoms. The van der Waals surface area contributed by atoms with Crippen LogP contribution >= 0.6 is 24.0 Å². The van der Waals surface area contributed by atoms with Gasteiger partial charge in [0, 0.05) is 26.7 Å². The Bertz CT molecular complexity index is 420. The Morgan fingerprint density at radius 1 is 1.23 bits per heavy atom. The van der Waals surface area contributed by atoms with Gasteiger partial charge >= 0.3 is 0 Å². The van der Waals surface area contributed by atoms with Gasteiger partial charge in [0.2, 0.25) is 0 Å². The van der Waals surface area contributed by atoms with Crippen molar-refractivity contribution >= 4 is 29.9 Å². The van der Waals surface area contributed by atoms with Crippen LogP contribution < -0.4 is 10.1 Å². The number of nitrogens with one attached hydrogen (secondary N) is 1. The zero-order valence-electron chi connectivity index (χ0n) is 14.3. The molecule has 4 nitrogen and oxygen atoms in total. The summed E-state index contributed by atoms with van der Waals surface area (Å²) in [6.07, 6.45) is 3.34. The standard InChI is InChI=1S/C17H29N3O.HI/c1-5-7-14-20(3)17(18-6-2)19-13-12-15-8-10-16(21-4)11-9-15;/h8-11H,5-7,12-14H2,1-4H3,(H,18,19);1H. The van der Waals surface area contributed by atoms with Gasteiger partial charge in [-0.2, -0.15) is 0 Å². The van der Waals surface area contributed by atoms with Gasteiger partial charge in [0.1, 0.15) is 5.75 Å². The van der Waals surface area contributed by atoms with Crippen LogP contribution in [0.25, 0.3) is 0 Å². The van der Waals surface area contributed by atoms with Crippen molar-refractivity contribution in [2.75, 3.05) is 33.8 Å². The topological polar surface area (TPSA) is 36.9 Å². The number of aliphatic imine (C=N–C) groups is 1. The molecule has 1 N–H and O–H groups in total. The van der Waals surface area contributed by atoms with E-state index in [4.69, 9.17) is 9.73 Å². The lowest BCUT2D eigenvalue weighted by molar-refractivity contribution is 0.414. The molecule has 0 fully saturated rings. The van der Waals surface area contributed by atoms with Gasteiger partial charge in [0.15, 0.2) is 5.96 Å². The molecule has 0 heterocycles. The third kappa shape index (κ3) is 7.87. The first kappa shape index (κ1) is 21.0. The van der Waals surface area contributed by atoms with Crippen LogP contribution in [0.2, 0.25) is 0 Å². The molecule has 1 rings (SSSR count). The first-order chi connectivity index (χ1) is 10.2. The minimum atomic E-state index is 0. The Hall–Kier alpha value is -0.980. The van der Waals surface area contributed by atoms with E-state index in [0.29, 0.717) is 0 Å². The van der Waals surface area contributed by atoms with E-state index in [1.54, 1.807) is 7.11 Å². The van der Waals surface area contributed by atoms with E-state index < -0.39 is 0 Å². The van der Waals surface area contributed by atoms with E-state index in [0.717, 1.165) is 37.8 Å². The van der Waals surface area contributed by atoms with Crippen LogP contribution in [0.15, 0.2) is 29.3 Å². The molecular weight excluding hydrogens is 389 g/mol. The van der Waals surface area contributed by atoms with Crippen molar-refractivity contribution in [3.05, 3.63) is 29.8 Å². The molecule has 0 aliphatic rings. The molecule has 0 atom stereocenters. The van der Waals surface area contributed by atoms with Crippen LogP contribution in [-0.4, -0.2) is 44.7 Å². The molecule has 0 aliphatic heterocycles. The average molecular weight is 419 g/mol. The molecule has 0 saturated carbocycles. The number of hydrogen-bond donors (Lipinski definition) is 1. The number of nitrogens with zero attached hydrogens (tertiary/aromatic N) is 2. The summed E-state index contributed by atoms with van der Waals surface area (Å²) in [5, 5.41) is 3.35. The highest BCUT2D eigenvalue weighted by Gasteiger charge is 2.04. The van der Waals surface area contributed by atoms with Crippen LogP contribution in [0.1, 0.15) is 32.3 Å². The maximum Gasteiger partial charge on any atom is 0.193 e. The zero-order valence-corrected chi connectivity index (χ0v) is 16.6. The molecule has 5 heteroatoms. The maximum absolute atomic E-state index is 5.17. The summed E-state index contributed by atoms with van der Waals surface area (Å²) in [6, 6.07) is 8.19. The molecule has 0 saturated heterocycles. The number of halogens is 1. The van der Waals surface area contributed by atoms with Gasteiger partial charge in [-0.25, -0.2) is 0 Å². The number of benzene rings is 1. The van der Waals surface area contributed by atoms with Crippen LogP contribution in [0, 0.1) is 0 Å². The first-order valence-corrected chi connectivity index (χ1v) is 7.83. The molecule has 0 radical (unpaired) electrons. The van der Waals surface area contributed by atoms with E-state index in [-0.39, 0.29) is 24.0 Å². The van der Waals surface area contributed by atoms with E-state index in [1.807, 2.05) is 12.1 Å². The minimum Gasteiger partial charge on any atom is -0.497 e. The van der Waals surface area contributed by atoms with Crippen LogP contribution in [0.3, 0.4) is 0 Å². The van der Waals surface area contributed by atoms with E-state index >= 15 is 0 Å². The monoisotopic (exact) mass is 419 g/mol. The summed E-state index contributed by atoms with van der Waals surface area (Å²) in [6.45, 7) is 7.06. The van der Waals surface area contributed by atoms with Gasteiger partial charge in [-0.15, -0.1) is 24.0 Å². The molecule has 126 valence electrons. The average Bonchev–Trinajstić information content (AvgIpc) is 2.52. The number of guanidine groups is 1. The molecule has 0 bridgehead atoms. The van der Waals surface area contributed by atoms with Gasteiger partial charge < -0.3 is 15.0 Å². The third-order valence-electron chi connectivity index (χ3n) is 3.36. The summed E-state index contributed by atoms with van der Waals surface area (Å²) in [4.78, 5) is 6.91. The van der Waals surface area contributed by atoms with Gasteiger partial charge in [0.25, 0.3) is 0 Å². The SMILES string of the molecule is CCCCN(C)C(=NCCc1ccc(OC)cc1)NCC.I. The number of ether oxygens (including phenoxy) is 1. The number of methoxy groups -OCH3 is 1. The van der Waals surface area contributed by atoms with E-state index in [9.17, 15) is 0 Å². The van der Waals surface area contributed by atoms with Crippen molar-refractivity contribution in [1.29, 1.82) is 0 Å². The molecule has 0 amide bonds. The predicted molar refractivity (Wildman–Crippen MR) is 106 cm³/mol. The summed E-state index contributed by atoms with van der Waals surface area (Å²) in [7, 11) is 3.79. The molecule has 1 aromatic carbocycles. The van der Waals surface area contributed by atoms with Crippen LogP contribution in [0.5, 0.6) is 5.75 Å². The Morgan fingerprint density at radius 2 is 1.91 bits per heavy atom. The fraction of sp³-hybridized carbons (Fsp3) is 0.588. The maximum atomic E-state index is 5.17. The Morgan fingerprint density at radius 3 is 2.45 bits per heavy atom. The van der Waals surface area contributed by atoms with Gasteiger partial charge in [-0.1, -0.05) is 25.5 Å². The molecule has 0 aromatic heterocycles. The summed E-state index contributed by atoms with van der Waals surface area (Å²) in [5.74, 6) is 1.90. The van der Waals surface area contributed by atoms with Gasteiger partial charge in [-0.05, 0) is 37.5 Å². The number of hydrogen-bond acceptors (Lipinski definition) is 2. The second-order valence-electron chi connectivity index (χ2n) is 5.11. The van der Waals surface area contributed by atoms with Crippen molar-refractivity contribution in [2.24, 2.45) is 4.99 Å².